The van der Waals surface area contributed by atoms with E-state index >= 15 is 0 Å². The Morgan fingerprint density at radius 2 is 1.96 bits per heavy atom. The third kappa shape index (κ3) is 3.16. The zero-order valence-electron chi connectivity index (χ0n) is 12.1. The summed E-state index contributed by atoms with van der Waals surface area (Å²) in [4.78, 5) is 26.8. The van der Waals surface area contributed by atoms with E-state index in [4.69, 9.17) is 0 Å². The lowest BCUT2D eigenvalue weighted by Crippen LogP contribution is -2.15. The maximum absolute atomic E-state index is 12.3. The van der Waals surface area contributed by atoms with E-state index in [1.54, 1.807) is 36.7 Å². The van der Waals surface area contributed by atoms with Crippen molar-refractivity contribution >= 4 is 28.1 Å². The van der Waals surface area contributed by atoms with E-state index in [0.29, 0.717) is 11.3 Å². The van der Waals surface area contributed by atoms with Gasteiger partial charge in [-0.25, -0.2) is 0 Å². The molecule has 0 atom stereocenters. The summed E-state index contributed by atoms with van der Waals surface area (Å²) >= 11 is 0. The topological polar surface area (TPSA) is 85.1 Å². The number of benzene rings is 2. The highest BCUT2D eigenvalue weighted by atomic mass is 16.6. The number of amides is 1. The Kier molecular flexibility index (Phi) is 3.97. The molecule has 0 saturated carbocycles. The predicted molar refractivity (Wildman–Crippen MR) is 87.2 cm³/mol. The second-order valence-corrected chi connectivity index (χ2v) is 5.01. The van der Waals surface area contributed by atoms with Gasteiger partial charge in [0.1, 0.15) is 0 Å². The van der Waals surface area contributed by atoms with Crippen molar-refractivity contribution < 1.29 is 9.72 Å². The van der Waals surface area contributed by atoms with Crippen LogP contribution in [-0.2, 0) is 11.2 Å². The molecule has 0 aliphatic carbocycles. The molecular formula is C17H13N3O3. The van der Waals surface area contributed by atoms with E-state index in [9.17, 15) is 14.9 Å². The number of nitro benzene ring substituents is 1. The maximum Gasteiger partial charge on any atom is 0.273 e. The zero-order chi connectivity index (χ0) is 16.2. The predicted octanol–water partition coefficient (Wildman–Crippen LogP) is 3.32. The lowest BCUT2D eigenvalue weighted by molar-refractivity contribution is -0.385. The summed E-state index contributed by atoms with van der Waals surface area (Å²) in [6, 6.07) is 13.6. The van der Waals surface area contributed by atoms with Gasteiger partial charge in [-0.15, -0.1) is 0 Å². The van der Waals surface area contributed by atoms with Crippen molar-refractivity contribution in [3.05, 3.63) is 76.6 Å². The summed E-state index contributed by atoms with van der Waals surface area (Å²) in [5, 5.41) is 15.6. The van der Waals surface area contributed by atoms with E-state index in [1.807, 2.05) is 18.2 Å². The van der Waals surface area contributed by atoms with Crippen LogP contribution in [0.15, 0.2) is 60.9 Å². The van der Waals surface area contributed by atoms with Crippen molar-refractivity contribution in [2.24, 2.45) is 0 Å². The van der Waals surface area contributed by atoms with Crippen LogP contribution in [0.3, 0.4) is 0 Å². The average Bonchev–Trinajstić information content (AvgIpc) is 2.55. The van der Waals surface area contributed by atoms with E-state index in [0.717, 1.165) is 10.8 Å². The van der Waals surface area contributed by atoms with Gasteiger partial charge in [0.05, 0.1) is 11.3 Å². The molecule has 0 aliphatic rings. The smallest absolute Gasteiger partial charge is 0.273 e. The number of rotatable bonds is 4. The van der Waals surface area contributed by atoms with Gasteiger partial charge in [-0.05, 0) is 12.1 Å². The van der Waals surface area contributed by atoms with Crippen LogP contribution in [0.1, 0.15) is 5.56 Å². The molecule has 0 unspecified atom stereocenters. The molecule has 1 aromatic heterocycles. The number of carbonyl (C=O) groups excluding carboxylic acids is 1. The highest BCUT2D eigenvalue weighted by Gasteiger charge is 2.16. The van der Waals surface area contributed by atoms with Crippen LogP contribution in [0.25, 0.3) is 10.8 Å². The molecule has 0 aliphatic heterocycles. The van der Waals surface area contributed by atoms with E-state index in [1.165, 1.54) is 6.07 Å². The number of pyridine rings is 1. The Labute approximate surface area is 131 Å². The minimum Gasteiger partial charge on any atom is -0.325 e. The lowest BCUT2D eigenvalue weighted by Gasteiger charge is -2.08. The number of nitrogens with zero attached hydrogens (tertiary/aromatic N) is 2. The Morgan fingerprint density at radius 1 is 1.13 bits per heavy atom. The number of fused-ring (bicyclic) bond motifs is 1. The summed E-state index contributed by atoms with van der Waals surface area (Å²) in [6.07, 6.45) is 3.31. The minimum atomic E-state index is -0.480. The van der Waals surface area contributed by atoms with Crippen molar-refractivity contribution in [3.63, 3.8) is 0 Å². The third-order valence-corrected chi connectivity index (χ3v) is 3.49. The second-order valence-electron chi connectivity index (χ2n) is 5.01. The summed E-state index contributed by atoms with van der Waals surface area (Å²) in [7, 11) is 0. The fourth-order valence-corrected chi connectivity index (χ4v) is 2.44. The number of anilines is 1. The lowest BCUT2D eigenvalue weighted by atomic mass is 10.1. The fourth-order valence-electron chi connectivity index (χ4n) is 2.44. The van der Waals surface area contributed by atoms with Gasteiger partial charge in [0, 0.05) is 40.5 Å². The molecule has 0 bridgehead atoms. The largest absolute Gasteiger partial charge is 0.325 e. The normalized spacial score (nSPS) is 10.4. The first-order valence-electron chi connectivity index (χ1n) is 7.00. The molecule has 3 aromatic rings. The van der Waals surface area contributed by atoms with E-state index < -0.39 is 4.92 Å². The Bertz CT molecular complexity index is 888. The van der Waals surface area contributed by atoms with Crippen LogP contribution in [0.4, 0.5) is 11.4 Å². The molecular weight excluding hydrogens is 294 g/mol. The Morgan fingerprint density at radius 3 is 2.78 bits per heavy atom. The molecule has 6 heteroatoms. The number of hydrogen-bond donors (Lipinski definition) is 1. The zero-order valence-corrected chi connectivity index (χ0v) is 12.1. The average molecular weight is 307 g/mol. The molecule has 3 rings (SSSR count). The van der Waals surface area contributed by atoms with Crippen molar-refractivity contribution in [1.82, 2.24) is 4.98 Å². The van der Waals surface area contributed by atoms with Gasteiger partial charge in [-0.2, -0.15) is 0 Å². The molecule has 0 fully saturated rings. The standard InChI is InChI=1S/C17H13N3O3/c21-17(10-12-4-1-2-7-16(12)20(22)23)19-15-6-3-5-13-11-18-9-8-14(13)15/h1-9,11H,10H2,(H,19,21). The fraction of sp³-hybridized carbons (Fsp3) is 0.0588. The third-order valence-electron chi connectivity index (χ3n) is 3.49. The highest BCUT2D eigenvalue weighted by molar-refractivity contribution is 6.02. The number of hydrogen-bond acceptors (Lipinski definition) is 4. The Balaban J connectivity index is 1.84. The van der Waals surface area contributed by atoms with Crippen LogP contribution in [0.2, 0.25) is 0 Å². The van der Waals surface area contributed by atoms with Crippen molar-refractivity contribution in [2.75, 3.05) is 5.32 Å². The van der Waals surface area contributed by atoms with E-state index in [2.05, 4.69) is 10.3 Å². The van der Waals surface area contributed by atoms with E-state index in [-0.39, 0.29) is 18.0 Å². The highest BCUT2D eigenvalue weighted by Crippen LogP contribution is 2.23. The van der Waals surface area contributed by atoms with Crippen molar-refractivity contribution in [3.8, 4) is 0 Å². The summed E-state index contributed by atoms with van der Waals surface area (Å²) in [5.74, 6) is -0.302. The van der Waals surface area contributed by atoms with Gasteiger partial charge < -0.3 is 5.32 Å². The number of para-hydroxylation sites is 1. The second kappa shape index (κ2) is 6.23. The van der Waals surface area contributed by atoms with Gasteiger partial charge >= 0.3 is 0 Å². The van der Waals surface area contributed by atoms with Crippen LogP contribution < -0.4 is 5.32 Å². The monoisotopic (exact) mass is 307 g/mol. The summed E-state index contributed by atoms with van der Waals surface area (Å²) in [5.41, 5.74) is 0.996. The Hall–Kier alpha value is -3.28. The minimum absolute atomic E-state index is 0.0511. The summed E-state index contributed by atoms with van der Waals surface area (Å²) < 4.78 is 0. The van der Waals surface area contributed by atoms with Gasteiger partial charge in [-0.1, -0.05) is 30.3 Å². The quantitative estimate of drug-likeness (QED) is 0.592. The van der Waals surface area contributed by atoms with Crippen LogP contribution in [-0.4, -0.2) is 15.8 Å². The first-order valence-corrected chi connectivity index (χ1v) is 7.00. The van der Waals surface area contributed by atoms with Gasteiger partial charge in [0.25, 0.3) is 5.69 Å². The molecule has 6 nitrogen and oxygen atoms in total. The maximum atomic E-state index is 12.3. The molecule has 114 valence electrons. The van der Waals surface area contributed by atoms with Gasteiger partial charge in [-0.3, -0.25) is 19.9 Å². The number of nitrogens with one attached hydrogen (secondary N) is 1. The number of aromatic nitrogens is 1. The van der Waals surface area contributed by atoms with Crippen LogP contribution in [0.5, 0.6) is 0 Å². The molecule has 1 amide bonds. The molecule has 0 spiro atoms. The SMILES string of the molecule is O=C(Cc1ccccc1[N+](=O)[O-])Nc1cccc2cnccc12. The summed E-state index contributed by atoms with van der Waals surface area (Å²) in [6.45, 7) is 0. The number of carbonyl (C=O) groups is 1. The molecule has 0 saturated heterocycles. The number of nitro groups is 1. The molecule has 1 N–H and O–H groups in total. The first kappa shape index (κ1) is 14.6. The first-order chi connectivity index (χ1) is 11.1. The van der Waals surface area contributed by atoms with Crippen molar-refractivity contribution in [2.45, 2.75) is 6.42 Å². The van der Waals surface area contributed by atoms with Gasteiger partial charge in [0.2, 0.25) is 5.91 Å². The molecule has 1 heterocycles. The molecule has 2 aromatic carbocycles. The van der Waals surface area contributed by atoms with Crippen molar-refractivity contribution in [1.29, 1.82) is 0 Å². The van der Waals surface area contributed by atoms with Crippen LogP contribution >= 0.6 is 0 Å². The molecule has 23 heavy (non-hydrogen) atoms. The van der Waals surface area contributed by atoms with Crippen LogP contribution in [0, 0.1) is 10.1 Å². The molecule has 0 radical (unpaired) electrons. The van der Waals surface area contributed by atoms with Gasteiger partial charge in [0.15, 0.2) is 0 Å².